The Hall–Kier alpha value is -2.74. The van der Waals surface area contributed by atoms with Gasteiger partial charge in [0.2, 0.25) is 5.91 Å². The van der Waals surface area contributed by atoms with Crippen molar-refractivity contribution in [1.29, 1.82) is 0 Å². The van der Waals surface area contributed by atoms with E-state index in [1.165, 1.54) is 4.90 Å². The van der Waals surface area contributed by atoms with Crippen molar-refractivity contribution in [3.8, 4) is 17.2 Å². The second-order valence-corrected chi connectivity index (χ2v) is 8.24. The van der Waals surface area contributed by atoms with Gasteiger partial charge in [-0.25, -0.2) is 0 Å². The Morgan fingerprint density at radius 1 is 0.968 bits per heavy atom. The minimum absolute atomic E-state index is 0.0277. The number of carbonyl (C=O) groups excluding carboxylic acids is 2. The van der Waals surface area contributed by atoms with E-state index in [0.29, 0.717) is 17.2 Å². The highest BCUT2D eigenvalue weighted by molar-refractivity contribution is 9.10. The van der Waals surface area contributed by atoms with Gasteiger partial charge in [-0.2, -0.15) is 0 Å². The van der Waals surface area contributed by atoms with Crippen LogP contribution in [0.1, 0.15) is 26.3 Å². The van der Waals surface area contributed by atoms with Gasteiger partial charge in [-0.05, 0) is 38.5 Å². The van der Waals surface area contributed by atoms with Gasteiger partial charge in [-0.3, -0.25) is 9.59 Å². The summed E-state index contributed by atoms with van der Waals surface area (Å²) in [6.45, 7) is 5.52. The van der Waals surface area contributed by atoms with E-state index in [1.54, 1.807) is 39.3 Å². The highest BCUT2D eigenvalue weighted by Gasteiger charge is 2.27. The summed E-state index contributed by atoms with van der Waals surface area (Å²) in [6.07, 6.45) is 0. The van der Waals surface area contributed by atoms with Gasteiger partial charge in [0.15, 0.2) is 6.61 Å². The average molecular weight is 493 g/mol. The SMILES string of the molecule is COc1cc(OC)cc(OCC(=O)N(Cc2ccc(Br)cc2)[C@@H](C)C(=O)NC(C)C)c1. The monoisotopic (exact) mass is 492 g/mol. The van der Waals surface area contributed by atoms with Crippen LogP contribution in [0.2, 0.25) is 0 Å². The number of amides is 2. The van der Waals surface area contributed by atoms with Gasteiger partial charge in [0.05, 0.1) is 14.2 Å². The van der Waals surface area contributed by atoms with E-state index < -0.39 is 6.04 Å². The molecule has 8 heteroatoms. The smallest absolute Gasteiger partial charge is 0.261 e. The summed E-state index contributed by atoms with van der Waals surface area (Å²) in [5.74, 6) is 1.02. The number of methoxy groups -OCH3 is 2. The second kappa shape index (κ2) is 11.6. The molecule has 0 saturated carbocycles. The molecule has 2 rings (SSSR count). The van der Waals surface area contributed by atoms with E-state index in [9.17, 15) is 9.59 Å². The second-order valence-electron chi connectivity index (χ2n) is 7.32. The summed E-state index contributed by atoms with van der Waals surface area (Å²) in [5.41, 5.74) is 0.906. The van der Waals surface area contributed by atoms with Crippen LogP contribution in [0.5, 0.6) is 17.2 Å². The molecule has 0 aromatic heterocycles. The predicted molar refractivity (Wildman–Crippen MR) is 122 cm³/mol. The molecule has 31 heavy (non-hydrogen) atoms. The zero-order valence-corrected chi connectivity index (χ0v) is 20.1. The third-order valence-electron chi connectivity index (χ3n) is 4.55. The molecule has 0 fully saturated rings. The summed E-state index contributed by atoms with van der Waals surface area (Å²) in [4.78, 5) is 27.2. The molecule has 0 aliphatic heterocycles. The molecular weight excluding hydrogens is 464 g/mol. The van der Waals surface area contributed by atoms with E-state index in [1.807, 2.05) is 38.1 Å². The molecule has 1 N–H and O–H groups in total. The fraction of sp³-hybridized carbons (Fsp3) is 0.391. The number of benzene rings is 2. The fourth-order valence-electron chi connectivity index (χ4n) is 2.87. The molecule has 168 valence electrons. The van der Waals surface area contributed by atoms with Crippen molar-refractivity contribution in [1.82, 2.24) is 10.2 Å². The molecule has 0 saturated heterocycles. The zero-order valence-electron chi connectivity index (χ0n) is 18.5. The quantitative estimate of drug-likeness (QED) is 0.545. The third kappa shape index (κ3) is 7.47. The molecular formula is C23H29BrN2O5. The molecule has 1 atom stereocenters. The van der Waals surface area contributed by atoms with Crippen LogP contribution in [0.3, 0.4) is 0 Å². The Labute approximate surface area is 191 Å². The highest BCUT2D eigenvalue weighted by Crippen LogP contribution is 2.27. The summed E-state index contributed by atoms with van der Waals surface area (Å²) >= 11 is 3.41. The molecule has 0 bridgehead atoms. The largest absolute Gasteiger partial charge is 0.496 e. The van der Waals surface area contributed by atoms with Crippen molar-refractivity contribution >= 4 is 27.7 Å². The van der Waals surface area contributed by atoms with Crippen molar-refractivity contribution in [2.75, 3.05) is 20.8 Å². The van der Waals surface area contributed by atoms with Crippen LogP contribution in [-0.4, -0.2) is 49.6 Å². The summed E-state index contributed by atoms with van der Waals surface area (Å²) in [7, 11) is 3.08. The van der Waals surface area contributed by atoms with E-state index in [4.69, 9.17) is 14.2 Å². The molecule has 7 nitrogen and oxygen atoms in total. The summed E-state index contributed by atoms with van der Waals surface area (Å²) in [6, 6.07) is 12.0. The van der Waals surface area contributed by atoms with Gasteiger partial charge in [-0.15, -0.1) is 0 Å². The number of carbonyl (C=O) groups is 2. The lowest BCUT2D eigenvalue weighted by Gasteiger charge is -2.29. The maximum absolute atomic E-state index is 13.1. The normalized spacial score (nSPS) is 11.6. The van der Waals surface area contributed by atoms with E-state index in [2.05, 4.69) is 21.2 Å². The number of ether oxygens (including phenoxy) is 3. The Balaban J connectivity index is 2.18. The first-order valence-corrected chi connectivity index (χ1v) is 10.7. The molecule has 0 radical (unpaired) electrons. The van der Waals surface area contributed by atoms with Crippen LogP contribution < -0.4 is 19.5 Å². The third-order valence-corrected chi connectivity index (χ3v) is 5.08. The topological polar surface area (TPSA) is 77.1 Å². The van der Waals surface area contributed by atoms with Gasteiger partial charge >= 0.3 is 0 Å². The van der Waals surface area contributed by atoms with E-state index in [-0.39, 0.29) is 31.0 Å². The first kappa shape index (κ1) is 24.5. The Bertz CT molecular complexity index is 864. The number of hydrogen-bond acceptors (Lipinski definition) is 5. The Morgan fingerprint density at radius 3 is 2.03 bits per heavy atom. The minimum atomic E-state index is -0.665. The number of rotatable bonds is 10. The predicted octanol–water partition coefficient (Wildman–Crippen LogP) is 3.79. The van der Waals surface area contributed by atoms with Gasteiger partial charge < -0.3 is 24.4 Å². The van der Waals surface area contributed by atoms with Crippen LogP contribution in [0.25, 0.3) is 0 Å². The van der Waals surface area contributed by atoms with Crippen molar-refractivity contribution in [3.05, 3.63) is 52.5 Å². The first-order valence-electron chi connectivity index (χ1n) is 9.93. The van der Waals surface area contributed by atoms with Crippen molar-refractivity contribution in [2.24, 2.45) is 0 Å². The number of nitrogens with one attached hydrogen (secondary N) is 1. The molecule has 0 aliphatic rings. The Kier molecular flexibility index (Phi) is 9.18. The standard InChI is InChI=1S/C23H29BrN2O5/c1-15(2)25-23(28)16(3)26(13-17-6-8-18(24)9-7-17)22(27)14-31-21-11-19(29-4)10-20(12-21)30-5/h6-12,15-16H,13-14H2,1-5H3,(H,25,28)/t16-/m0/s1. The van der Waals surface area contributed by atoms with Crippen LogP contribution in [0, 0.1) is 0 Å². The number of hydrogen-bond donors (Lipinski definition) is 1. The van der Waals surface area contributed by atoms with Gasteiger partial charge in [-0.1, -0.05) is 28.1 Å². The van der Waals surface area contributed by atoms with Gasteiger partial charge in [0, 0.05) is 35.3 Å². The minimum Gasteiger partial charge on any atom is -0.496 e. The highest BCUT2D eigenvalue weighted by atomic mass is 79.9. The van der Waals surface area contributed by atoms with Gasteiger partial charge in [0.25, 0.3) is 5.91 Å². The maximum atomic E-state index is 13.1. The van der Waals surface area contributed by atoms with E-state index in [0.717, 1.165) is 10.0 Å². The van der Waals surface area contributed by atoms with Crippen LogP contribution in [0.4, 0.5) is 0 Å². The number of halogens is 1. The molecule has 0 spiro atoms. The molecule has 0 unspecified atom stereocenters. The maximum Gasteiger partial charge on any atom is 0.261 e. The number of nitrogens with zero attached hydrogens (tertiary/aromatic N) is 1. The van der Waals surface area contributed by atoms with E-state index >= 15 is 0 Å². The molecule has 2 amide bonds. The van der Waals surface area contributed by atoms with Crippen molar-refractivity contribution in [3.63, 3.8) is 0 Å². The lowest BCUT2D eigenvalue weighted by molar-refractivity contribution is -0.142. The first-order chi connectivity index (χ1) is 14.7. The Morgan fingerprint density at radius 2 is 1.52 bits per heavy atom. The van der Waals surface area contributed by atoms with Crippen molar-refractivity contribution in [2.45, 2.75) is 39.4 Å². The lowest BCUT2D eigenvalue weighted by atomic mass is 10.1. The molecule has 2 aromatic carbocycles. The molecule has 2 aromatic rings. The fourth-order valence-corrected chi connectivity index (χ4v) is 3.13. The summed E-state index contributed by atoms with van der Waals surface area (Å²) < 4.78 is 17.1. The van der Waals surface area contributed by atoms with Crippen LogP contribution in [0.15, 0.2) is 46.9 Å². The van der Waals surface area contributed by atoms with Crippen molar-refractivity contribution < 1.29 is 23.8 Å². The molecule has 0 aliphatic carbocycles. The van der Waals surface area contributed by atoms with Crippen LogP contribution >= 0.6 is 15.9 Å². The van der Waals surface area contributed by atoms with Gasteiger partial charge in [0.1, 0.15) is 23.3 Å². The zero-order chi connectivity index (χ0) is 23.0. The molecule has 0 heterocycles. The average Bonchev–Trinajstić information content (AvgIpc) is 2.75. The lowest BCUT2D eigenvalue weighted by Crippen LogP contribution is -2.50. The van der Waals surface area contributed by atoms with Crippen LogP contribution in [-0.2, 0) is 16.1 Å². The summed E-state index contributed by atoms with van der Waals surface area (Å²) in [5, 5.41) is 2.86.